The zero-order valence-corrected chi connectivity index (χ0v) is 13.9. The summed E-state index contributed by atoms with van der Waals surface area (Å²) >= 11 is 0. The number of anilines is 2. The third-order valence-corrected chi connectivity index (χ3v) is 4.53. The average Bonchev–Trinajstić information content (AvgIpc) is 2.96. The number of benzene rings is 3. The second-order valence-corrected chi connectivity index (χ2v) is 6.30. The van der Waals surface area contributed by atoms with Crippen LogP contribution in [0.25, 0.3) is 21.8 Å². The molecular formula is C21H21N3O. The number of nitrogen functional groups attached to an aromatic ring is 1. The van der Waals surface area contributed by atoms with Crippen LogP contribution in [0.5, 0.6) is 0 Å². The van der Waals surface area contributed by atoms with Crippen LogP contribution in [-0.2, 0) is 6.54 Å². The fourth-order valence-electron chi connectivity index (χ4n) is 3.31. The first kappa shape index (κ1) is 15.5. The van der Waals surface area contributed by atoms with E-state index in [1.165, 1.54) is 10.8 Å². The second-order valence-electron chi connectivity index (χ2n) is 6.30. The molecular weight excluding hydrogens is 310 g/mol. The standard InChI is InChI=1S/C21H21N3O/c22-15-9-11-16(12-10-15)23-13-17(25)14-24-20-7-3-1-5-18(20)19-6-2-4-8-21(19)24/h1-12,17,23,25H,13-14,22H2. The number of fused-ring (bicyclic) bond motifs is 3. The highest BCUT2D eigenvalue weighted by Crippen LogP contribution is 2.28. The number of para-hydroxylation sites is 2. The molecule has 4 aromatic rings. The monoisotopic (exact) mass is 331 g/mol. The van der Waals surface area contributed by atoms with E-state index in [9.17, 15) is 5.11 Å². The SMILES string of the molecule is Nc1ccc(NCC(O)Cn2c3ccccc3c3ccccc32)cc1. The van der Waals surface area contributed by atoms with E-state index >= 15 is 0 Å². The maximum absolute atomic E-state index is 10.5. The molecule has 0 aliphatic carbocycles. The summed E-state index contributed by atoms with van der Waals surface area (Å²) in [5.74, 6) is 0. The van der Waals surface area contributed by atoms with Gasteiger partial charge in [-0.05, 0) is 36.4 Å². The van der Waals surface area contributed by atoms with Gasteiger partial charge in [0.1, 0.15) is 0 Å². The Bertz CT molecular complexity index is 951. The largest absolute Gasteiger partial charge is 0.399 e. The Morgan fingerprint density at radius 1 is 0.840 bits per heavy atom. The maximum Gasteiger partial charge on any atom is 0.0891 e. The molecule has 0 aliphatic heterocycles. The van der Waals surface area contributed by atoms with Crippen LogP contribution in [0.3, 0.4) is 0 Å². The summed E-state index contributed by atoms with van der Waals surface area (Å²) in [7, 11) is 0. The van der Waals surface area contributed by atoms with Crippen molar-refractivity contribution in [2.24, 2.45) is 0 Å². The van der Waals surface area contributed by atoms with E-state index in [1.54, 1.807) is 0 Å². The maximum atomic E-state index is 10.5. The highest BCUT2D eigenvalue weighted by atomic mass is 16.3. The number of nitrogens with zero attached hydrogens (tertiary/aromatic N) is 1. The van der Waals surface area contributed by atoms with Crippen molar-refractivity contribution in [1.29, 1.82) is 0 Å². The lowest BCUT2D eigenvalue weighted by molar-refractivity contribution is 0.169. The Hall–Kier alpha value is -2.98. The van der Waals surface area contributed by atoms with Crippen LogP contribution in [-0.4, -0.2) is 22.3 Å². The van der Waals surface area contributed by atoms with Gasteiger partial charge in [0, 0.05) is 39.7 Å². The molecule has 126 valence electrons. The number of aromatic nitrogens is 1. The second kappa shape index (κ2) is 6.49. The predicted molar refractivity (Wildman–Crippen MR) is 105 cm³/mol. The number of aliphatic hydroxyl groups excluding tert-OH is 1. The van der Waals surface area contributed by atoms with E-state index in [1.807, 2.05) is 36.4 Å². The molecule has 0 saturated carbocycles. The average molecular weight is 331 g/mol. The number of nitrogens with one attached hydrogen (secondary N) is 1. The molecule has 0 radical (unpaired) electrons. The Balaban J connectivity index is 1.58. The molecule has 4 rings (SSSR count). The summed E-state index contributed by atoms with van der Waals surface area (Å²) in [5.41, 5.74) is 9.68. The minimum absolute atomic E-state index is 0.477. The molecule has 3 aromatic carbocycles. The van der Waals surface area contributed by atoms with Crippen LogP contribution in [0.1, 0.15) is 0 Å². The Kier molecular flexibility index (Phi) is 4.04. The van der Waals surface area contributed by atoms with Crippen molar-refractivity contribution >= 4 is 33.2 Å². The number of aliphatic hydroxyl groups is 1. The van der Waals surface area contributed by atoms with Gasteiger partial charge >= 0.3 is 0 Å². The smallest absolute Gasteiger partial charge is 0.0891 e. The van der Waals surface area contributed by atoms with Crippen molar-refractivity contribution in [2.75, 3.05) is 17.6 Å². The minimum atomic E-state index is -0.503. The van der Waals surface area contributed by atoms with Crippen molar-refractivity contribution in [3.63, 3.8) is 0 Å². The van der Waals surface area contributed by atoms with Crippen LogP contribution in [0.4, 0.5) is 11.4 Å². The third-order valence-electron chi connectivity index (χ3n) is 4.53. The molecule has 4 N–H and O–H groups in total. The highest BCUT2D eigenvalue weighted by Gasteiger charge is 2.13. The predicted octanol–water partition coefficient (Wildman–Crippen LogP) is 3.85. The van der Waals surface area contributed by atoms with Crippen LogP contribution in [0.15, 0.2) is 72.8 Å². The molecule has 0 fully saturated rings. The van der Waals surface area contributed by atoms with Crippen LogP contribution < -0.4 is 11.1 Å². The highest BCUT2D eigenvalue weighted by molar-refractivity contribution is 6.07. The normalized spacial score (nSPS) is 12.5. The summed E-state index contributed by atoms with van der Waals surface area (Å²) < 4.78 is 2.19. The van der Waals surface area contributed by atoms with Gasteiger partial charge in [-0.1, -0.05) is 36.4 Å². The van der Waals surface area contributed by atoms with E-state index in [-0.39, 0.29) is 0 Å². The van der Waals surface area contributed by atoms with Gasteiger partial charge < -0.3 is 20.7 Å². The van der Waals surface area contributed by atoms with E-state index in [0.717, 1.165) is 22.4 Å². The van der Waals surface area contributed by atoms with Gasteiger partial charge in [0.2, 0.25) is 0 Å². The summed E-state index contributed by atoms with van der Waals surface area (Å²) in [6.07, 6.45) is -0.503. The molecule has 4 heteroatoms. The lowest BCUT2D eigenvalue weighted by Gasteiger charge is -2.15. The van der Waals surface area contributed by atoms with Crippen molar-refractivity contribution in [3.05, 3.63) is 72.8 Å². The number of hydrogen-bond donors (Lipinski definition) is 3. The van der Waals surface area contributed by atoms with Crippen molar-refractivity contribution in [1.82, 2.24) is 4.57 Å². The lowest BCUT2D eigenvalue weighted by atomic mass is 10.2. The quantitative estimate of drug-likeness (QED) is 0.487. The van der Waals surface area contributed by atoms with Gasteiger partial charge in [-0.15, -0.1) is 0 Å². The van der Waals surface area contributed by atoms with Gasteiger partial charge in [-0.3, -0.25) is 0 Å². The molecule has 4 nitrogen and oxygen atoms in total. The van der Waals surface area contributed by atoms with Crippen LogP contribution in [0.2, 0.25) is 0 Å². The van der Waals surface area contributed by atoms with Gasteiger partial charge in [-0.2, -0.15) is 0 Å². The molecule has 0 saturated heterocycles. The van der Waals surface area contributed by atoms with Gasteiger partial charge in [0.25, 0.3) is 0 Å². The van der Waals surface area contributed by atoms with Gasteiger partial charge in [-0.25, -0.2) is 0 Å². The first-order chi connectivity index (χ1) is 12.2. The Labute approximate surface area is 146 Å². The Morgan fingerprint density at radius 2 is 1.40 bits per heavy atom. The van der Waals surface area contributed by atoms with Gasteiger partial charge in [0.15, 0.2) is 0 Å². The Morgan fingerprint density at radius 3 is 2.00 bits per heavy atom. The number of rotatable bonds is 5. The zero-order chi connectivity index (χ0) is 17.2. The van der Waals surface area contributed by atoms with Crippen molar-refractivity contribution < 1.29 is 5.11 Å². The molecule has 1 atom stereocenters. The topological polar surface area (TPSA) is 63.2 Å². The molecule has 1 heterocycles. The summed E-state index contributed by atoms with van der Waals surface area (Å²) in [5, 5.41) is 16.2. The molecule has 1 unspecified atom stereocenters. The third kappa shape index (κ3) is 3.04. The summed E-state index contributed by atoms with van der Waals surface area (Å²) in [6.45, 7) is 1.01. The summed E-state index contributed by atoms with van der Waals surface area (Å²) in [4.78, 5) is 0. The molecule has 0 spiro atoms. The first-order valence-corrected chi connectivity index (χ1v) is 8.46. The van der Waals surface area contributed by atoms with Crippen LogP contribution >= 0.6 is 0 Å². The zero-order valence-electron chi connectivity index (χ0n) is 13.9. The number of hydrogen-bond acceptors (Lipinski definition) is 3. The van der Waals surface area contributed by atoms with E-state index < -0.39 is 6.10 Å². The fraction of sp³-hybridized carbons (Fsp3) is 0.143. The number of nitrogens with two attached hydrogens (primary N) is 1. The van der Waals surface area contributed by atoms with Crippen molar-refractivity contribution in [3.8, 4) is 0 Å². The van der Waals surface area contributed by atoms with Crippen molar-refractivity contribution in [2.45, 2.75) is 12.6 Å². The molecule has 0 aliphatic rings. The van der Waals surface area contributed by atoms with E-state index in [4.69, 9.17) is 5.73 Å². The first-order valence-electron chi connectivity index (χ1n) is 8.46. The summed E-state index contributed by atoms with van der Waals surface area (Å²) in [6, 6.07) is 24.2. The van der Waals surface area contributed by atoms with E-state index in [2.05, 4.69) is 46.3 Å². The van der Waals surface area contributed by atoms with E-state index in [0.29, 0.717) is 13.1 Å². The van der Waals surface area contributed by atoms with Crippen LogP contribution in [0, 0.1) is 0 Å². The molecule has 1 aromatic heterocycles. The van der Waals surface area contributed by atoms with Gasteiger partial charge in [0.05, 0.1) is 12.6 Å². The molecule has 0 bridgehead atoms. The molecule has 0 amide bonds. The fourth-order valence-corrected chi connectivity index (χ4v) is 3.31. The lowest BCUT2D eigenvalue weighted by Crippen LogP contribution is -2.24. The minimum Gasteiger partial charge on any atom is -0.399 e. The molecule has 25 heavy (non-hydrogen) atoms.